The van der Waals surface area contributed by atoms with Gasteiger partial charge in [0.1, 0.15) is 0 Å². The summed E-state index contributed by atoms with van der Waals surface area (Å²) in [6.45, 7) is 4.32. The van der Waals surface area contributed by atoms with Crippen molar-refractivity contribution in [2.75, 3.05) is 19.6 Å². The van der Waals surface area contributed by atoms with E-state index in [0.29, 0.717) is 13.0 Å². The van der Waals surface area contributed by atoms with Crippen molar-refractivity contribution in [2.45, 2.75) is 25.7 Å². The maximum atomic E-state index is 11.6. The number of hydrogen-bond donors (Lipinski definition) is 1. The van der Waals surface area contributed by atoms with Crippen molar-refractivity contribution < 1.29 is 4.79 Å². The third kappa shape index (κ3) is 2.86. The molecule has 1 amide bonds. The number of likely N-dealkylation sites (tertiary alicyclic amines) is 1. The van der Waals surface area contributed by atoms with Crippen LogP contribution in [0.2, 0.25) is 0 Å². The minimum Gasteiger partial charge on any atom is -0.342 e. The maximum absolute atomic E-state index is 11.6. The van der Waals surface area contributed by atoms with Gasteiger partial charge >= 0.3 is 0 Å². The molecule has 0 aliphatic carbocycles. The molecule has 3 nitrogen and oxygen atoms in total. The molecule has 0 saturated carbocycles. The van der Waals surface area contributed by atoms with Gasteiger partial charge in [0.15, 0.2) is 0 Å². The van der Waals surface area contributed by atoms with Crippen molar-refractivity contribution in [3.8, 4) is 0 Å². The van der Waals surface area contributed by atoms with Crippen molar-refractivity contribution in [1.82, 2.24) is 4.90 Å². The lowest BCUT2D eigenvalue weighted by atomic mass is 9.97. The van der Waals surface area contributed by atoms with Crippen LogP contribution in [0.3, 0.4) is 0 Å². The lowest BCUT2D eigenvalue weighted by Crippen LogP contribution is -2.32. The summed E-state index contributed by atoms with van der Waals surface area (Å²) < 4.78 is 0. The largest absolute Gasteiger partial charge is 0.342 e. The molecular formula is C14H20N2O. The number of benzene rings is 1. The Bertz CT molecular complexity index is 386. The molecule has 1 aliphatic heterocycles. The van der Waals surface area contributed by atoms with E-state index in [-0.39, 0.29) is 11.8 Å². The fraction of sp³-hybridized carbons (Fsp3) is 0.500. The molecule has 2 rings (SSSR count). The highest BCUT2D eigenvalue weighted by Gasteiger charge is 2.23. The third-order valence-corrected chi connectivity index (χ3v) is 3.45. The molecule has 1 unspecified atom stereocenters. The summed E-state index contributed by atoms with van der Waals surface area (Å²) >= 11 is 0. The Morgan fingerprint density at radius 3 is 2.59 bits per heavy atom. The van der Waals surface area contributed by atoms with Crippen molar-refractivity contribution in [3.05, 3.63) is 35.4 Å². The summed E-state index contributed by atoms with van der Waals surface area (Å²) in [7, 11) is 0. The first-order chi connectivity index (χ1) is 8.20. The zero-order valence-electron chi connectivity index (χ0n) is 10.4. The Labute approximate surface area is 103 Å². The molecule has 0 bridgehead atoms. The zero-order valence-corrected chi connectivity index (χ0v) is 10.4. The molecule has 17 heavy (non-hydrogen) atoms. The van der Waals surface area contributed by atoms with E-state index >= 15 is 0 Å². The predicted octanol–water partition coefficient (Wildman–Crippen LogP) is 1.66. The Hall–Kier alpha value is -1.35. The van der Waals surface area contributed by atoms with Crippen molar-refractivity contribution in [1.29, 1.82) is 0 Å². The maximum Gasteiger partial charge on any atom is 0.222 e. The van der Waals surface area contributed by atoms with Gasteiger partial charge in [-0.05, 0) is 18.9 Å². The van der Waals surface area contributed by atoms with Gasteiger partial charge in [0.05, 0.1) is 0 Å². The second-order valence-corrected chi connectivity index (χ2v) is 4.79. The summed E-state index contributed by atoms with van der Waals surface area (Å²) in [6.07, 6.45) is 1.69. The molecule has 1 atom stereocenters. The highest BCUT2D eigenvalue weighted by molar-refractivity contribution is 5.78. The second-order valence-electron chi connectivity index (χ2n) is 4.79. The molecule has 0 aromatic heterocycles. The number of carbonyl (C=O) groups is 1. The zero-order chi connectivity index (χ0) is 12.3. The number of rotatable bonds is 4. The average Bonchev–Trinajstić information content (AvgIpc) is 2.73. The molecule has 3 heteroatoms. The van der Waals surface area contributed by atoms with Crippen LogP contribution in [0, 0.1) is 6.92 Å². The molecule has 1 aromatic rings. The van der Waals surface area contributed by atoms with E-state index in [0.717, 1.165) is 19.5 Å². The monoisotopic (exact) mass is 232 g/mol. The first-order valence-corrected chi connectivity index (χ1v) is 6.25. The van der Waals surface area contributed by atoms with E-state index in [1.54, 1.807) is 0 Å². The van der Waals surface area contributed by atoms with Crippen LogP contribution >= 0.6 is 0 Å². The van der Waals surface area contributed by atoms with Crippen LogP contribution in [0.4, 0.5) is 0 Å². The van der Waals surface area contributed by atoms with E-state index in [9.17, 15) is 4.79 Å². The molecule has 1 heterocycles. The van der Waals surface area contributed by atoms with Crippen LogP contribution in [0.5, 0.6) is 0 Å². The van der Waals surface area contributed by atoms with Gasteiger partial charge in [-0.2, -0.15) is 0 Å². The number of nitrogens with two attached hydrogens (primary N) is 1. The van der Waals surface area contributed by atoms with Gasteiger partial charge in [0.25, 0.3) is 0 Å². The van der Waals surface area contributed by atoms with Crippen LogP contribution < -0.4 is 5.73 Å². The summed E-state index contributed by atoms with van der Waals surface area (Å²) in [5.41, 5.74) is 8.31. The van der Waals surface area contributed by atoms with E-state index in [4.69, 9.17) is 5.73 Å². The quantitative estimate of drug-likeness (QED) is 0.858. The van der Waals surface area contributed by atoms with Crippen LogP contribution in [-0.4, -0.2) is 30.4 Å². The van der Waals surface area contributed by atoms with Gasteiger partial charge in [0.2, 0.25) is 5.91 Å². The molecular weight excluding hydrogens is 212 g/mol. The highest BCUT2D eigenvalue weighted by Crippen LogP contribution is 2.20. The third-order valence-electron chi connectivity index (χ3n) is 3.45. The summed E-state index contributed by atoms with van der Waals surface area (Å²) in [6, 6.07) is 8.44. The number of carbonyl (C=O) groups excluding carboxylic acids is 1. The summed E-state index contributed by atoms with van der Waals surface area (Å²) in [5, 5.41) is 0. The van der Waals surface area contributed by atoms with Crippen LogP contribution in [0.15, 0.2) is 24.3 Å². The first-order valence-electron chi connectivity index (χ1n) is 6.25. The summed E-state index contributed by atoms with van der Waals surface area (Å²) in [4.78, 5) is 13.5. The molecule has 2 N–H and O–H groups in total. The molecule has 1 saturated heterocycles. The Morgan fingerprint density at radius 2 is 2.06 bits per heavy atom. The normalized spacial score (nSPS) is 17.5. The van der Waals surface area contributed by atoms with E-state index in [1.807, 2.05) is 4.90 Å². The molecule has 0 radical (unpaired) electrons. The van der Waals surface area contributed by atoms with Gasteiger partial charge in [-0.1, -0.05) is 29.8 Å². The van der Waals surface area contributed by atoms with Gasteiger partial charge in [-0.3, -0.25) is 4.79 Å². The topological polar surface area (TPSA) is 46.3 Å². The molecule has 1 aliphatic rings. The first kappa shape index (κ1) is 12.1. The lowest BCUT2D eigenvalue weighted by molar-refractivity contribution is -0.127. The SMILES string of the molecule is Cc1ccc(C(CN)CN2CCCC2=O)cc1. The van der Waals surface area contributed by atoms with Crippen molar-refractivity contribution in [2.24, 2.45) is 5.73 Å². The van der Waals surface area contributed by atoms with Gasteiger partial charge in [0, 0.05) is 32.0 Å². The molecule has 0 spiro atoms. The van der Waals surface area contributed by atoms with Gasteiger partial charge < -0.3 is 10.6 Å². The highest BCUT2D eigenvalue weighted by atomic mass is 16.2. The number of amides is 1. The minimum atomic E-state index is 0.262. The van der Waals surface area contributed by atoms with Crippen LogP contribution in [0.1, 0.15) is 29.9 Å². The van der Waals surface area contributed by atoms with Crippen LogP contribution in [-0.2, 0) is 4.79 Å². The molecule has 1 aromatic carbocycles. The fourth-order valence-corrected chi connectivity index (χ4v) is 2.32. The van der Waals surface area contributed by atoms with Crippen molar-refractivity contribution >= 4 is 5.91 Å². The predicted molar refractivity (Wildman–Crippen MR) is 68.8 cm³/mol. The molecule has 92 valence electrons. The Balaban J connectivity index is 2.05. The standard InChI is InChI=1S/C14H20N2O/c1-11-4-6-12(7-5-11)13(9-15)10-16-8-2-3-14(16)17/h4-7,13H,2-3,8-10,15H2,1H3. The smallest absolute Gasteiger partial charge is 0.222 e. The lowest BCUT2D eigenvalue weighted by Gasteiger charge is -2.23. The fourth-order valence-electron chi connectivity index (χ4n) is 2.32. The minimum absolute atomic E-state index is 0.262. The second kappa shape index (κ2) is 5.32. The van der Waals surface area contributed by atoms with E-state index in [2.05, 4.69) is 31.2 Å². The number of aryl methyl sites for hydroxylation is 1. The van der Waals surface area contributed by atoms with Gasteiger partial charge in [-0.25, -0.2) is 0 Å². The number of nitrogens with zero attached hydrogens (tertiary/aromatic N) is 1. The van der Waals surface area contributed by atoms with E-state index in [1.165, 1.54) is 11.1 Å². The average molecular weight is 232 g/mol. The van der Waals surface area contributed by atoms with Gasteiger partial charge in [-0.15, -0.1) is 0 Å². The number of hydrogen-bond acceptors (Lipinski definition) is 2. The van der Waals surface area contributed by atoms with Crippen molar-refractivity contribution in [3.63, 3.8) is 0 Å². The van der Waals surface area contributed by atoms with Crippen LogP contribution in [0.25, 0.3) is 0 Å². The molecule has 1 fully saturated rings. The Morgan fingerprint density at radius 1 is 1.35 bits per heavy atom. The van der Waals surface area contributed by atoms with E-state index < -0.39 is 0 Å². The summed E-state index contributed by atoms with van der Waals surface area (Å²) in [5.74, 6) is 0.535. The Kier molecular flexibility index (Phi) is 3.79.